The molecule has 0 aliphatic carbocycles. The van der Waals surface area contributed by atoms with E-state index < -0.39 is 12.7 Å². The van der Waals surface area contributed by atoms with E-state index in [0.29, 0.717) is 12.1 Å². The van der Waals surface area contributed by atoms with Gasteiger partial charge in [-0.15, -0.1) is 0 Å². The molecule has 0 aliphatic rings. The quantitative estimate of drug-likeness (QED) is 0.862. The molecule has 4 nitrogen and oxygen atoms in total. The molecule has 0 radical (unpaired) electrons. The number of hydrogen-bond acceptors (Lipinski definition) is 4. The maximum absolute atomic E-state index is 12.4. The number of aromatic nitrogens is 2. The Kier molecular flexibility index (Phi) is 4.68. The van der Waals surface area contributed by atoms with Gasteiger partial charge in [-0.3, -0.25) is 4.98 Å². The van der Waals surface area contributed by atoms with Crippen LogP contribution in [-0.2, 0) is 6.54 Å². The Morgan fingerprint density at radius 1 is 1.29 bits per heavy atom. The molecule has 1 rings (SSSR count). The summed E-state index contributed by atoms with van der Waals surface area (Å²) in [6, 6.07) is 0. The Morgan fingerprint density at radius 3 is 2.47 bits per heavy atom. The van der Waals surface area contributed by atoms with Gasteiger partial charge in [0.05, 0.1) is 5.69 Å². The average Bonchev–Trinajstić information content (AvgIpc) is 2.27. The van der Waals surface area contributed by atoms with Crippen molar-refractivity contribution in [1.29, 1.82) is 0 Å². The average molecular weight is 248 g/mol. The number of nitrogens with two attached hydrogens (primary N) is 1. The molecule has 7 heteroatoms. The summed E-state index contributed by atoms with van der Waals surface area (Å²) >= 11 is 0. The maximum atomic E-state index is 12.4. The first-order valence-corrected chi connectivity index (χ1v) is 5.29. The van der Waals surface area contributed by atoms with Crippen LogP contribution < -0.4 is 10.6 Å². The lowest BCUT2D eigenvalue weighted by Gasteiger charge is -2.25. The molecule has 0 aliphatic heterocycles. The van der Waals surface area contributed by atoms with Crippen LogP contribution in [0.1, 0.15) is 19.0 Å². The third-order valence-corrected chi connectivity index (χ3v) is 2.11. The molecule has 0 saturated carbocycles. The number of anilines is 1. The zero-order valence-electron chi connectivity index (χ0n) is 9.54. The third kappa shape index (κ3) is 4.18. The molecule has 0 amide bonds. The highest BCUT2D eigenvalue weighted by atomic mass is 19.4. The summed E-state index contributed by atoms with van der Waals surface area (Å²) in [5.74, 6) is 0.217. The minimum atomic E-state index is -4.27. The van der Waals surface area contributed by atoms with Gasteiger partial charge < -0.3 is 10.6 Å². The van der Waals surface area contributed by atoms with Crippen LogP contribution in [0.25, 0.3) is 0 Å². The van der Waals surface area contributed by atoms with E-state index in [0.717, 1.165) is 4.90 Å². The van der Waals surface area contributed by atoms with Gasteiger partial charge in [0.15, 0.2) is 5.82 Å². The van der Waals surface area contributed by atoms with Gasteiger partial charge in [-0.2, -0.15) is 13.2 Å². The van der Waals surface area contributed by atoms with Crippen LogP contribution in [0.4, 0.5) is 19.0 Å². The summed E-state index contributed by atoms with van der Waals surface area (Å²) in [4.78, 5) is 9.03. The molecule has 1 heterocycles. The van der Waals surface area contributed by atoms with E-state index in [4.69, 9.17) is 5.73 Å². The smallest absolute Gasteiger partial charge is 0.346 e. The van der Waals surface area contributed by atoms with Crippen molar-refractivity contribution in [1.82, 2.24) is 9.97 Å². The van der Waals surface area contributed by atoms with Crippen LogP contribution in [-0.4, -0.2) is 29.2 Å². The van der Waals surface area contributed by atoms with Gasteiger partial charge in [0.25, 0.3) is 0 Å². The predicted octanol–water partition coefficient (Wildman–Crippen LogP) is 1.71. The molecular weight excluding hydrogens is 233 g/mol. The molecule has 1 aromatic heterocycles. The Morgan fingerprint density at radius 2 is 1.94 bits per heavy atom. The number of hydrogen-bond donors (Lipinski definition) is 1. The molecule has 96 valence electrons. The maximum Gasteiger partial charge on any atom is 0.405 e. The van der Waals surface area contributed by atoms with E-state index in [1.807, 2.05) is 6.92 Å². The summed E-state index contributed by atoms with van der Waals surface area (Å²) in [5, 5.41) is 0. The first kappa shape index (κ1) is 13.7. The van der Waals surface area contributed by atoms with Crippen LogP contribution in [0.3, 0.4) is 0 Å². The van der Waals surface area contributed by atoms with Crippen LogP contribution in [0.2, 0.25) is 0 Å². The monoisotopic (exact) mass is 248 g/mol. The topological polar surface area (TPSA) is 55.0 Å². The van der Waals surface area contributed by atoms with Crippen LogP contribution in [0.5, 0.6) is 0 Å². The minimum Gasteiger partial charge on any atom is -0.346 e. The van der Waals surface area contributed by atoms with Crippen LogP contribution in [0.15, 0.2) is 12.4 Å². The van der Waals surface area contributed by atoms with Crippen molar-refractivity contribution in [2.24, 2.45) is 5.73 Å². The van der Waals surface area contributed by atoms with Gasteiger partial charge in [-0.25, -0.2) is 4.98 Å². The SMILES string of the molecule is CCCN(CC(F)(F)F)c1nccnc1CN. The summed E-state index contributed by atoms with van der Waals surface area (Å²) < 4.78 is 37.3. The Labute approximate surface area is 97.7 Å². The van der Waals surface area contributed by atoms with Gasteiger partial charge >= 0.3 is 6.18 Å². The first-order valence-electron chi connectivity index (χ1n) is 5.29. The highest BCUT2D eigenvalue weighted by Crippen LogP contribution is 2.22. The fourth-order valence-corrected chi connectivity index (χ4v) is 1.51. The van der Waals surface area contributed by atoms with E-state index >= 15 is 0 Å². The van der Waals surface area contributed by atoms with Gasteiger partial charge in [0.1, 0.15) is 6.54 Å². The van der Waals surface area contributed by atoms with E-state index in [1.54, 1.807) is 0 Å². The van der Waals surface area contributed by atoms with Gasteiger partial charge in [0, 0.05) is 25.5 Å². The molecule has 0 aromatic carbocycles. The van der Waals surface area contributed by atoms with Crippen molar-refractivity contribution >= 4 is 5.82 Å². The lowest BCUT2D eigenvalue weighted by molar-refractivity contribution is -0.119. The third-order valence-electron chi connectivity index (χ3n) is 2.11. The highest BCUT2D eigenvalue weighted by Gasteiger charge is 2.31. The van der Waals surface area contributed by atoms with Crippen LogP contribution in [0, 0.1) is 0 Å². The zero-order valence-corrected chi connectivity index (χ0v) is 9.54. The fraction of sp³-hybridized carbons (Fsp3) is 0.600. The molecular formula is C10H15F3N4. The van der Waals surface area contributed by atoms with E-state index in [1.165, 1.54) is 12.4 Å². The molecule has 0 bridgehead atoms. The summed E-state index contributed by atoms with van der Waals surface area (Å²) in [7, 11) is 0. The number of rotatable bonds is 5. The van der Waals surface area contributed by atoms with Crippen molar-refractivity contribution in [3.05, 3.63) is 18.1 Å². The standard InChI is InChI=1S/C10H15F3N4/c1-2-5-17(7-10(11,12)13)9-8(6-14)15-3-4-16-9/h3-4H,2,5-7,14H2,1H3. The lowest BCUT2D eigenvalue weighted by atomic mass is 10.3. The first-order chi connectivity index (χ1) is 7.98. The second kappa shape index (κ2) is 5.81. The van der Waals surface area contributed by atoms with Gasteiger partial charge in [0.2, 0.25) is 0 Å². The van der Waals surface area contributed by atoms with Crippen molar-refractivity contribution in [3.63, 3.8) is 0 Å². The Bertz CT molecular complexity index is 354. The molecule has 17 heavy (non-hydrogen) atoms. The number of halogens is 3. The summed E-state index contributed by atoms with van der Waals surface area (Å²) in [6.07, 6.45) is -0.883. The molecule has 0 atom stereocenters. The highest BCUT2D eigenvalue weighted by molar-refractivity contribution is 5.43. The lowest BCUT2D eigenvalue weighted by Crippen LogP contribution is -2.36. The summed E-state index contributed by atoms with van der Waals surface area (Å²) in [5.41, 5.74) is 5.82. The molecule has 0 spiro atoms. The molecule has 1 aromatic rings. The zero-order chi connectivity index (χ0) is 12.9. The Balaban J connectivity index is 2.96. The minimum absolute atomic E-state index is 0.0707. The Hall–Kier alpha value is -1.37. The molecule has 0 saturated heterocycles. The van der Waals surface area contributed by atoms with Crippen molar-refractivity contribution < 1.29 is 13.2 Å². The van der Waals surface area contributed by atoms with Crippen molar-refractivity contribution in [3.8, 4) is 0 Å². The van der Waals surface area contributed by atoms with E-state index in [2.05, 4.69) is 9.97 Å². The molecule has 2 N–H and O–H groups in total. The normalized spacial score (nSPS) is 11.6. The molecule has 0 fully saturated rings. The largest absolute Gasteiger partial charge is 0.405 e. The number of alkyl halides is 3. The second-order valence-corrected chi connectivity index (χ2v) is 3.57. The predicted molar refractivity (Wildman–Crippen MR) is 58.5 cm³/mol. The van der Waals surface area contributed by atoms with E-state index in [-0.39, 0.29) is 18.9 Å². The van der Waals surface area contributed by atoms with E-state index in [9.17, 15) is 13.2 Å². The molecule has 0 unspecified atom stereocenters. The number of nitrogens with zero attached hydrogens (tertiary/aromatic N) is 3. The van der Waals surface area contributed by atoms with Crippen molar-refractivity contribution in [2.45, 2.75) is 26.1 Å². The van der Waals surface area contributed by atoms with Gasteiger partial charge in [-0.1, -0.05) is 6.92 Å². The summed E-state index contributed by atoms with van der Waals surface area (Å²) in [6.45, 7) is 1.11. The van der Waals surface area contributed by atoms with Crippen LogP contribution >= 0.6 is 0 Å². The van der Waals surface area contributed by atoms with Gasteiger partial charge in [-0.05, 0) is 6.42 Å². The van der Waals surface area contributed by atoms with Crippen molar-refractivity contribution in [2.75, 3.05) is 18.0 Å². The fourth-order valence-electron chi connectivity index (χ4n) is 1.51. The second-order valence-electron chi connectivity index (χ2n) is 3.57.